The molecule has 4 aromatic rings. The number of carbonyl (C=O) groups is 1. The summed E-state index contributed by atoms with van der Waals surface area (Å²) in [5.41, 5.74) is 1.44. The van der Waals surface area contributed by atoms with E-state index in [2.05, 4.69) is 36.1 Å². The van der Waals surface area contributed by atoms with Gasteiger partial charge in [0.1, 0.15) is 23.8 Å². The van der Waals surface area contributed by atoms with Crippen LogP contribution in [0.25, 0.3) is 0 Å². The number of rotatable bonds is 6. The molecule has 0 spiro atoms. The minimum absolute atomic E-state index is 0.149. The molecule has 0 aliphatic heterocycles. The van der Waals surface area contributed by atoms with Crippen LogP contribution in [0.1, 0.15) is 10.6 Å². The van der Waals surface area contributed by atoms with Gasteiger partial charge in [0.2, 0.25) is 5.76 Å². The van der Waals surface area contributed by atoms with Gasteiger partial charge in [0.15, 0.2) is 0 Å². The fourth-order valence-electron chi connectivity index (χ4n) is 2.37. The van der Waals surface area contributed by atoms with E-state index in [9.17, 15) is 4.79 Å². The maximum Gasteiger partial charge on any atom is 0.294 e. The molecule has 28 heavy (non-hydrogen) atoms. The number of amides is 1. The number of carbonyl (C=O) groups excluding carboxylic acids is 1. The van der Waals surface area contributed by atoms with Crippen LogP contribution >= 0.6 is 0 Å². The molecule has 3 N–H and O–H groups in total. The van der Waals surface area contributed by atoms with Gasteiger partial charge in [-0.15, -0.1) is 0 Å². The van der Waals surface area contributed by atoms with Gasteiger partial charge in [-0.1, -0.05) is 11.2 Å². The summed E-state index contributed by atoms with van der Waals surface area (Å²) in [5.74, 6) is 1.72. The van der Waals surface area contributed by atoms with E-state index < -0.39 is 0 Å². The molecule has 0 saturated carbocycles. The fraction of sp³-hybridized carbons (Fsp3) is 0. The van der Waals surface area contributed by atoms with Crippen molar-refractivity contribution in [3.63, 3.8) is 0 Å². The molecule has 9 heteroatoms. The first-order valence-corrected chi connectivity index (χ1v) is 8.35. The van der Waals surface area contributed by atoms with Gasteiger partial charge in [0.25, 0.3) is 5.91 Å². The van der Waals surface area contributed by atoms with Crippen LogP contribution in [0.2, 0.25) is 0 Å². The molecule has 4 rings (SSSR count). The number of nitrogens with one attached hydrogen (secondary N) is 3. The number of pyridine rings is 1. The summed E-state index contributed by atoms with van der Waals surface area (Å²) < 4.78 is 4.83. The van der Waals surface area contributed by atoms with Gasteiger partial charge in [-0.3, -0.25) is 4.79 Å². The highest BCUT2D eigenvalue weighted by Crippen LogP contribution is 2.20. The third kappa shape index (κ3) is 4.28. The van der Waals surface area contributed by atoms with E-state index in [0.29, 0.717) is 23.1 Å². The zero-order valence-electron chi connectivity index (χ0n) is 14.5. The van der Waals surface area contributed by atoms with Crippen molar-refractivity contribution in [3.05, 3.63) is 79.1 Å². The van der Waals surface area contributed by atoms with Crippen molar-refractivity contribution < 1.29 is 9.32 Å². The molecule has 3 aromatic heterocycles. The molecule has 3 heterocycles. The lowest BCUT2D eigenvalue weighted by atomic mass is 10.2. The number of hydrogen-bond donors (Lipinski definition) is 3. The van der Waals surface area contributed by atoms with Crippen molar-refractivity contribution in [1.29, 1.82) is 0 Å². The largest absolute Gasteiger partial charge is 0.351 e. The lowest BCUT2D eigenvalue weighted by Crippen LogP contribution is -2.10. The minimum atomic E-state index is -0.362. The Hall–Kier alpha value is -4.27. The summed E-state index contributed by atoms with van der Waals surface area (Å²) in [6, 6.07) is 16.0. The first-order chi connectivity index (χ1) is 13.8. The van der Waals surface area contributed by atoms with Crippen molar-refractivity contribution in [1.82, 2.24) is 20.1 Å². The average molecular weight is 373 g/mol. The predicted molar refractivity (Wildman–Crippen MR) is 104 cm³/mol. The summed E-state index contributed by atoms with van der Waals surface area (Å²) in [4.78, 5) is 24.5. The molecule has 0 radical (unpaired) electrons. The lowest BCUT2D eigenvalue weighted by Gasteiger charge is -2.09. The van der Waals surface area contributed by atoms with E-state index in [0.717, 1.165) is 5.69 Å². The quantitative estimate of drug-likeness (QED) is 0.469. The van der Waals surface area contributed by atoms with Gasteiger partial charge < -0.3 is 20.5 Å². The van der Waals surface area contributed by atoms with Crippen molar-refractivity contribution in [2.45, 2.75) is 0 Å². The second-order valence-electron chi connectivity index (χ2n) is 5.66. The highest BCUT2D eigenvalue weighted by molar-refractivity contribution is 6.02. The summed E-state index contributed by atoms with van der Waals surface area (Å²) in [5, 5.41) is 12.5. The molecule has 0 unspecified atom stereocenters. The van der Waals surface area contributed by atoms with E-state index >= 15 is 0 Å². The molecule has 0 bridgehead atoms. The molecule has 0 aliphatic rings. The highest BCUT2D eigenvalue weighted by Gasteiger charge is 2.09. The van der Waals surface area contributed by atoms with Crippen LogP contribution in [-0.2, 0) is 0 Å². The summed E-state index contributed by atoms with van der Waals surface area (Å²) in [6.07, 6.45) is 4.58. The van der Waals surface area contributed by atoms with E-state index in [4.69, 9.17) is 4.52 Å². The van der Waals surface area contributed by atoms with Crippen LogP contribution in [0.5, 0.6) is 0 Å². The fourth-order valence-corrected chi connectivity index (χ4v) is 2.37. The molecular weight excluding hydrogens is 358 g/mol. The molecule has 138 valence electrons. The maximum absolute atomic E-state index is 11.9. The van der Waals surface area contributed by atoms with Gasteiger partial charge in [-0.05, 0) is 36.4 Å². The molecule has 0 aliphatic carbocycles. The Morgan fingerprint density at radius 3 is 2.29 bits per heavy atom. The Balaban J connectivity index is 1.40. The SMILES string of the molecule is O=C(Nc1ccc(Nc2cc(Nc3ccccn3)ncn2)cc1)c1ccno1. The Morgan fingerprint density at radius 1 is 0.786 bits per heavy atom. The standard InChI is InChI=1S/C19H15N7O2/c27-19(15-8-10-23-28-15)25-14-6-4-13(5-7-14)24-17-11-18(22-12-21-17)26-16-3-1-2-9-20-16/h1-12H,(H,25,27)(H2,20,21,22,24,26). The van der Waals surface area contributed by atoms with Gasteiger partial charge in [-0.2, -0.15) is 0 Å². The number of nitrogens with zero attached hydrogens (tertiary/aromatic N) is 4. The molecular formula is C19H15N7O2. The van der Waals surface area contributed by atoms with E-state index in [1.165, 1.54) is 18.6 Å². The van der Waals surface area contributed by atoms with Crippen LogP contribution < -0.4 is 16.0 Å². The Bertz CT molecular complexity index is 1050. The van der Waals surface area contributed by atoms with E-state index in [1.54, 1.807) is 24.4 Å². The van der Waals surface area contributed by atoms with Crippen molar-refractivity contribution in [2.24, 2.45) is 0 Å². The number of hydrogen-bond acceptors (Lipinski definition) is 8. The number of benzene rings is 1. The van der Waals surface area contributed by atoms with Gasteiger partial charge >= 0.3 is 0 Å². The normalized spacial score (nSPS) is 10.3. The first-order valence-electron chi connectivity index (χ1n) is 8.35. The Morgan fingerprint density at radius 2 is 1.57 bits per heavy atom. The Kier molecular flexibility index (Phi) is 4.88. The Labute approximate surface area is 159 Å². The van der Waals surface area contributed by atoms with E-state index in [1.807, 2.05) is 30.3 Å². The molecule has 9 nitrogen and oxygen atoms in total. The highest BCUT2D eigenvalue weighted by atomic mass is 16.5. The molecule has 1 aromatic carbocycles. The molecule has 0 atom stereocenters. The van der Waals surface area contributed by atoms with Crippen LogP contribution in [0.4, 0.5) is 28.8 Å². The molecule has 0 fully saturated rings. The number of aromatic nitrogens is 4. The van der Waals surface area contributed by atoms with Crippen molar-refractivity contribution in [2.75, 3.05) is 16.0 Å². The third-order valence-corrected chi connectivity index (χ3v) is 3.66. The third-order valence-electron chi connectivity index (χ3n) is 3.66. The number of anilines is 5. The zero-order valence-corrected chi connectivity index (χ0v) is 14.5. The maximum atomic E-state index is 11.9. The van der Waals surface area contributed by atoms with Crippen molar-refractivity contribution in [3.8, 4) is 0 Å². The predicted octanol–water partition coefficient (Wildman–Crippen LogP) is 3.60. The summed E-state index contributed by atoms with van der Waals surface area (Å²) in [7, 11) is 0. The van der Waals surface area contributed by atoms with Gasteiger partial charge in [0.05, 0.1) is 6.20 Å². The second kappa shape index (κ2) is 7.96. The molecule has 1 amide bonds. The zero-order chi connectivity index (χ0) is 19.2. The summed E-state index contributed by atoms with van der Waals surface area (Å²) in [6.45, 7) is 0. The smallest absolute Gasteiger partial charge is 0.294 e. The van der Waals surface area contributed by atoms with Crippen LogP contribution in [-0.4, -0.2) is 26.0 Å². The minimum Gasteiger partial charge on any atom is -0.351 e. The van der Waals surface area contributed by atoms with Crippen LogP contribution in [0.3, 0.4) is 0 Å². The lowest BCUT2D eigenvalue weighted by molar-refractivity contribution is 0.0988. The first kappa shape index (κ1) is 17.2. The topological polar surface area (TPSA) is 118 Å². The van der Waals surface area contributed by atoms with Gasteiger partial charge in [-0.25, -0.2) is 15.0 Å². The average Bonchev–Trinajstić information content (AvgIpc) is 3.26. The summed E-state index contributed by atoms with van der Waals surface area (Å²) >= 11 is 0. The second-order valence-corrected chi connectivity index (χ2v) is 5.66. The molecule has 0 saturated heterocycles. The monoisotopic (exact) mass is 373 g/mol. The van der Waals surface area contributed by atoms with E-state index in [-0.39, 0.29) is 11.7 Å². The van der Waals surface area contributed by atoms with Crippen LogP contribution in [0, 0.1) is 0 Å². The van der Waals surface area contributed by atoms with Gasteiger partial charge in [0, 0.05) is 29.7 Å². The van der Waals surface area contributed by atoms with Crippen molar-refractivity contribution >= 4 is 34.7 Å². The van der Waals surface area contributed by atoms with Crippen LogP contribution in [0.15, 0.2) is 77.8 Å².